The van der Waals surface area contributed by atoms with E-state index in [4.69, 9.17) is 0 Å². The lowest BCUT2D eigenvalue weighted by molar-refractivity contribution is -0.129. The zero-order valence-corrected chi connectivity index (χ0v) is 11.6. The van der Waals surface area contributed by atoms with Gasteiger partial charge in [-0.3, -0.25) is 4.79 Å². The predicted octanol–water partition coefficient (Wildman–Crippen LogP) is 1.46. The maximum absolute atomic E-state index is 11.8. The molecule has 0 spiro atoms. The fourth-order valence-electron chi connectivity index (χ4n) is 2.40. The molecule has 1 aliphatic carbocycles. The number of sulfone groups is 1. The van der Waals surface area contributed by atoms with Crippen LogP contribution >= 0.6 is 0 Å². The van der Waals surface area contributed by atoms with Crippen LogP contribution in [0.2, 0.25) is 0 Å². The minimum atomic E-state index is -3.21. The molecule has 1 fully saturated rings. The summed E-state index contributed by atoms with van der Waals surface area (Å²) in [7, 11) is -3.21. The molecule has 1 aliphatic rings. The molecule has 1 saturated carbocycles. The normalized spacial score (nSPS) is 18.0. The summed E-state index contributed by atoms with van der Waals surface area (Å²) in [6.45, 7) is 3.23. The average molecular weight is 261 g/mol. The maximum atomic E-state index is 11.8. The van der Waals surface area contributed by atoms with Gasteiger partial charge in [0.2, 0.25) is 5.91 Å². The van der Waals surface area contributed by atoms with Gasteiger partial charge >= 0.3 is 0 Å². The van der Waals surface area contributed by atoms with Crippen molar-refractivity contribution in [1.82, 2.24) is 4.90 Å². The second kappa shape index (κ2) is 6.38. The lowest BCUT2D eigenvalue weighted by Crippen LogP contribution is -2.39. The van der Waals surface area contributed by atoms with E-state index < -0.39 is 9.84 Å². The molecule has 0 aliphatic heterocycles. The zero-order valence-electron chi connectivity index (χ0n) is 10.8. The number of amides is 1. The van der Waals surface area contributed by atoms with Gasteiger partial charge in [0.25, 0.3) is 0 Å². The second-order valence-electron chi connectivity index (χ2n) is 5.01. The smallest absolute Gasteiger partial charge is 0.237 e. The summed E-state index contributed by atoms with van der Waals surface area (Å²) in [6, 6.07) is 0. The van der Waals surface area contributed by atoms with Gasteiger partial charge in [0.15, 0.2) is 9.84 Å². The minimum Gasteiger partial charge on any atom is -0.342 e. The van der Waals surface area contributed by atoms with Gasteiger partial charge in [-0.2, -0.15) is 0 Å². The molecular formula is C12H23NO3S. The largest absolute Gasteiger partial charge is 0.342 e. The molecule has 5 heteroatoms. The van der Waals surface area contributed by atoms with E-state index in [0.29, 0.717) is 12.5 Å². The van der Waals surface area contributed by atoms with Gasteiger partial charge in [0.1, 0.15) is 5.75 Å². The van der Waals surface area contributed by atoms with Crippen LogP contribution < -0.4 is 0 Å². The second-order valence-corrected chi connectivity index (χ2v) is 7.15. The van der Waals surface area contributed by atoms with Crippen LogP contribution in [0.15, 0.2) is 0 Å². The summed E-state index contributed by atoms with van der Waals surface area (Å²) in [4.78, 5) is 13.5. The molecule has 100 valence electrons. The number of carbonyl (C=O) groups is 1. The van der Waals surface area contributed by atoms with Gasteiger partial charge in [0.05, 0.1) is 0 Å². The summed E-state index contributed by atoms with van der Waals surface area (Å²) in [5, 5.41) is 0. The molecular weight excluding hydrogens is 238 g/mol. The molecule has 0 radical (unpaired) electrons. The summed E-state index contributed by atoms with van der Waals surface area (Å²) in [6.07, 6.45) is 7.22. The van der Waals surface area contributed by atoms with Crippen molar-refractivity contribution < 1.29 is 13.2 Å². The lowest BCUT2D eigenvalue weighted by atomic mass is 9.89. The summed E-state index contributed by atoms with van der Waals surface area (Å²) >= 11 is 0. The third-order valence-electron chi connectivity index (χ3n) is 3.32. The van der Waals surface area contributed by atoms with Gasteiger partial charge < -0.3 is 4.90 Å². The summed E-state index contributed by atoms with van der Waals surface area (Å²) < 4.78 is 22.2. The lowest BCUT2D eigenvalue weighted by Gasteiger charge is -2.28. The Morgan fingerprint density at radius 2 is 1.82 bits per heavy atom. The van der Waals surface area contributed by atoms with Crippen LogP contribution in [0.1, 0.15) is 39.0 Å². The van der Waals surface area contributed by atoms with Crippen LogP contribution in [0, 0.1) is 5.92 Å². The Kier molecular flexibility index (Phi) is 5.43. The third-order valence-corrected chi connectivity index (χ3v) is 4.09. The van der Waals surface area contributed by atoms with E-state index in [1.165, 1.54) is 32.1 Å². The van der Waals surface area contributed by atoms with E-state index in [1.807, 2.05) is 6.92 Å². The van der Waals surface area contributed by atoms with Crippen molar-refractivity contribution in [3.05, 3.63) is 0 Å². The molecule has 0 heterocycles. The fourth-order valence-corrected chi connectivity index (χ4v) is 3.04. The first-order chi connectivity index (χ1) is 7.92. The van der Waals surface area contributed by atoms with Gasteiger partial charge in [-0.1, -0.05) is 19.3 Å². The number of rotatable bonds is 5. The molecule has 0 unspecified atom stereocenters. The zero-order chi connectivity index (χ0) is 12.9. The Balaban J connectivity index is 2.49. The van der Waals surface area contributed by atoms with Crippen molar-refractivity contribution >= 4 is 15.7 Å². The van der Waals surface area contributed by atoms with E-state index in [1.54, 1.807) is 4.90 Å². The minimum absolute atomic E-state index is 0.249. The van der Waals surface area contributed by atoms with Crippen LogP contribution in [0.5, 0.6) is 0 Å². The molecule has 1 rings (SSSR count). The van der Waals surface area contributed by atoms with E-state index >= 15 is 0 Å². The molecule has 0 aromatic carbocycles. The van der Waals surface area contributed by atoms with Crippen LogP contribution in [-0.2, 0) is 14.6 Å². The average Bonchev–Trinajstić information content (AvgIpc) is 2.24. The van der Waals surface area contributed by atoms with Crippen molar-refractivity contribution in [2.24, 2.45) is 5.92 Å². The van der Waals surface area contributed by atoms with Crippen LogP contribution in [0.4, 0.5) is 0 Å². The first kappa shape index (κ1) is 14.5. The van der Waals surface area contributed by atoms with Crippen molar-refractivity contribution in [3.63, 3.8) is 0 Å². The standard InChI is InChI=1S/C12H23NO3S/c1-3-13(12(14)10-17(2,15)16)9-11-7-5-4-6-8-11/h11H,3-10H2,1-2H3. The third kappa shape index (κ3) is 5.52. The molecule has 0 atom stereocenters. The van der Waals surface area contributed by atoms with Crippen molar-refractivity contribution in [3.8, 4) is 0 Å². The van der Waals surface area contributed by atoms with Gasteiger partial charge in [-0.25, -0.2) is 8.42 Å². The van der Waals surface area contributed by atoms with Crippen molar-refractivity contribution in [2.45, 2.75) is 39.0 Å². The van der Waals surface area contributed by atoms with Crippen molar-refractivity contribution in [2.75, 3.05) is 25.1 Å². The van der Waals surface area contributed by atoms with E-state index in [9.17, 15) is 13.2 Å². The quantitative estimate of drug-likeness (QED) is 0.753. The highest BCUT2D eigenvalue weighted by atomic mass is 32.2. The number of carbonyl (C=O) groups excluding carboxylic acids is 1. The first-order valence-corrected chi connectivity index (χ1v) is 8.44. The maximum Gasteiger partial charge on any atom is 0.237 e. The van der Waals surface area contributed by atoms with E-state index in [0.717, 1.165) is 12.8 Å². The highest BCUT2D eigenvalue weighted by molar-refractivity contribution is 7.91. The fraction of sp³-hybridized carbons (Fsp3) is 0.917. The van der Waals surface area contributed by atoms with Crippen LogP contribution in [-0.4, -0.2) is 44.3 Å². The number of hydrogen-bond acceptors (Lipinski definition) is 3. The number of nitrogens with zero attached hydrogens (tertiary/aromatic N) is 1. The Morgan fingerprint density at radius 1 is 1.24 bits per heavy atom. The Hall–Kier alpha value is -0.580. The Morgan fingerprint density at radius 3 is 2.29 bits per heavy atom. The van der Waals surface area contributed by atoms with Crippen LogP contribution in [0.25, 0.3) is 0 Å². The van der Waals surface area contributed by atoms with Gasteiger partial charge in [-0.05, 0) is 25.7 Å². The SMILES string of the molecule is CCN(CC1CCCCC1)C(=O)CS(C)(=O)=O. The summed E-state index contributed by atoms with van der Waals surface area (Å²) in [5.74, 6) is -0.0408. The first-order valence-electron chi connectivity index (χ1n) is 6.38. The Bertz CT molecular complexity index is 345. The molecule has 0 saturated heterocycles. The van der Waals surface area contributed by atoms with Gasteiger partial charge in [0, 0.05) is 19.3 Å². The molecule has 0 aromatic rings. The molecule has 0 bridgehead atoms. The monoisotopic (exact) mass is 261 g/mol. The topological polar surface area (TPSA) is 54.5 Å². The molecule has 4 nitrogen and oxygen atoms in total. The van der Waals surface area contributed by atoms with Crippen LogP contribution in [0.3, 0.4) is 0 Å². The summed E-state index contributed by atoms with van der Waals surface area (Å²) in [5.41, 5.74) is 0. The van der Waals surface area contributed by atoms with Crippen molar-refractivity contribution in [1.29, 1.82) is 0 Å². The van der Waals surface area contributed by atoms with Gasteiger partial charge in [-0.15, -0.1) is 0 Å². The predicted molar refractivity (Wildman–Crippen MR) is 68.5 cm³/mol. The number of hydrogen-bond donors (Lipinski definition) is 0. The molecule has 0 N–H and O–H groups in total. The van der Waals surface area contributed by atoms with E-state index in [2.05, 4.69) is 0 Å². The highest BCUT2D eigenvalue weighted by Gasteiger charge is 2.22. The van der Waals surface area contributed by atoms with E-state index in [-0.39, 0.29) is 11.7 Å². The molecule has 1 amide bonds. The molecule has 17 heavy (non-hydrogen) atoms. The molecule has 0 aromatic heterocycles. The Labute approximate surface area is 104 Å². The highest BCUT2D eigenvalue weighted by Crippen LogP contribution is 2.24.